The first-order valence-electron chi connectivity index (χ1n) is 7.90. The van der Waals surface area contributed by atoms with Crippen LogP contribution in [0.4, 0.5) is 5.13 Å². The Morgan fingerprint density at radius 3 is 2.63 bits per heavy atom. The van der Waals surface area contributed by atoms with Crippen molar-refractivity contribution in [2.24, 2.45) is 0 Å². The second-order valence-electron chi connectivity index (χ2n) is 5.34. The number of hydrogen-bond acceptors (Lipinski definition) is 6. The van der Waals surface area contributed by atoms with Gasteiger partial charge in [0.05, 0.1) is 19.2 Å². The summed E-state index contributed by atoms with van der Waals surface area (Å²) >= 11 is 7.47. The summed E-state index contributed by atoms with van der Waals surface area (Å²) in [5.41, 5.74) is 1.65. The maximum absolute atomic E-state index is 12.1. The topological polar surface area (TPSA) is 73.3 Å². The molecule has 3 rings (SSSR count). The standard InChI is InChI=1S/C19H16ClN3O3S/c1-25-15-11-12(10-14(20)17(15)26-2)8-9-16(24)21-19-23-22-18(27-19)13-6-4-3-5-7-13/h3-11H,1-2H3,(H,21,23,24)/b9-8+. The van der Waals surface area contributed by atoms with Crippen molar-refractivity contribution in [3.05, 3.63) is 59.1 Å². The molecular formula is C19H16ClN3O3S. The number of anilines is 1. The molecule has 0 spiro atoms. The molecular weight excluding hydrogens is 386 g/mol. The van der Waals surface area contributed by atoms with Gasteiger partial charge in [-0.1, -0.05) is 53.3 Å². The highest BCUT2D eigenvalue weighted by Gasteiger charge is 2.11. The maximum Gasteiger partial charge on any atom is 0.250 e. The van der Waals surface area contributed by atoms with E-state index >= 15 is 0 Å². The van der Waals surface area contributed by atoms with Crippen LogP contribution >= 0.6 is 22.9 Å². The third kappa shape index (κ3) is 4.64. The van der Waals surface area contributed by atoms with Gasteiger partial charge in [-0.2, -0.15) is 0 Å². The van der Waals surface area contributed by atoms with Gasteiger partial charge >= 0.3 is 0 Å². The minimum Gasteiger partial charge on any atom is -0.493 e. The van der Waals surface area contributed by atoms with Crippen LogP contribution in [0.5, 0.6) is 11.5 Å². The lowest BCUT2D eigenvalue weighted by molar-refractivity contribution is -0.111. The normalized spacial score (nSPS) is 10.8. The predicted octanol–water partition coefficient (Wildman–Crippen LogP) is 4.53. The van der Waals surface area contributed by atoms with Crippen LogP contribution in [0, 0.1) is 0 Å². The molecule has 0 aliphatic heterocycles. The number of ether oxygens (including phenoxy) is 2. The molecule has 0 unspecified atom stereocenters. The van der Waals surface area contributed by atoms with E-state index in [4.69, 9.17) is 21.1 Å². The first-order valence-corrected chi connectivity index (χ1v) is 9.09. The van der Waals surface area contributed by atoms with Crippen LogP contribution in [0.3, 0.4) is 0 Å². The van der Waals surface area contributed by atoms with Crippen molar-refractivity contribution in [2.75, 3.05) is 19.5 Å². The number of rotatable bonds is 6. The largest absolute Gasteiger partial charge is 0.493 e. The van der Waals surface area contributed by atoms with E-state index in [2.05, 4.69) is 15.5 Å². The molecule has 8 heteroatoms. The van der Waals surface area contributed by atoms with Crippen LogP contribution in [0.1, 0.15) is 5.56 Å². The van der Waals surface area contributed by atoms with Crippen LogP contribution in [0.25, 0.3) is 16.6 Å². The predicted molar refractivity (Wildman–Crippen MR) is 108 cm³/mol. The fourth-order valence-electron chi connectivity index (χ4n) is 2.32. The quantitative estimate of drug-likeness (QED) is 0.614. The number of methoxy groups -OCH3 is 2. The Morgan fingerprint density at radius 1 is 1.15 bits per heavy atom. The van der Waals surface area contributed by atoms with Crippen LogP contribution in [0.15, 0.2) is 48.5 Å². The fourth-order valence-corrected chi connectivity index (χ4v) is 3.37. The molecule has 0 saturated heterocycles. The summed E-state index contributed by atoms with van der Waals surface area (Å²) < 4.78 is 10.4. The molecule has 1 N–H and O–H groups in total. The number of aromatic nitrogens is 2. The molecule has 0 atom stereocenters. The Kier molecular flexibility index (Phi) is 6.05. The van der Waals surface area contributed by atoms with Gasteiger partial charge in [0.15, 0.2) is 11.5 Å². The molecule has 27 heavy (non-hydrogen) atoms. The molecule has 1 amide bonds. The number of hydrogen-bond donors (Lipinski definition) is 1. The van der Waals surface area contributed by atoms with Gasteiger partial charge in [0.25, 0.3) is 0 Å². The minimum atomic E-state index is -0.323. The molecule has 3 aromatic rings. The lowest BCUT2D eigenvalue weighted by Gasteiger charge is -2.10. The summed E-state index contributed by atoms with van der Waals surface area (Å²) in [5, 5.41) is 12.3. The zero-order valence-electron chi connectivity index (χ0n) is 14.6. The van der Waals surface area contributed by atoms with Gasteiger partial charge in [-0.05, 0) is 23.8 Å². The second kappa shape index (κ2) is 8.66. The number of carbonyl (C=O) groups excluding carboxylic acids is 1. The van der Waals surface area contributed by atoms with Crippen LogP contribution < -0.4 is 14.8 Å². The van der Waals surface area contributed by atoms with Gasteiger partial charge in [0, 0.05) is 11.6 Å². The Bertz CT molecular complexity index is 974. The number of nitrogens with zero attached hydrogens (tertiary/aromatic N) is 2. The van der Waals surface area contributed by atoms with Gasteiger partial charge < -0.3 is 9.47 Å². The fraction of sp³-hybridized carbons (Fsp3) is 0.105. The summed E-state index contributed by atoms with van der Waals surface area (Å²) in [7, 11) is 3.03. The summed E-state index contributed by atoms with van der Waals surface area (Å²) in [6.45, 7) is 0. The summed E-state index contributed by atoms with van der Waals surface area (Å²) in [6, 6.07) is 13.1. The average molecular weight is 402 g/mol. The Morgan fingerprint density at radius 2 is 1.93 bits per heavy atom. The van der Waals surface area contributed by atoms with E-state index in [1.807, 2.05) is 30.3 Å². The van der Waals surface area contributed by atoms with E-state index in [0.29, 0.717) is 27.2 Å². The molecule has 1 aromatic heterocycles. The Hall–Kier alpha value is -2.90. The molecule has 0 radical (unpaired) electrons. The van der Waals surface area contributed by atoms with Gasteiger partial charge in [-0.15, -0.1) is 10.2 Å². The lowest BCUT2D eigenvalue weighted by atomic mass is 10.2. The van der Waals surface area contributed by atoms with Crippen molar-refractivity contribution in [2.45, 2.75) is 0 Å². The SMILES string of the molecule is COc1cc(/C=C/C(=O)Nc2nnc(-c3ccccc3)s2)cc(Cl)c1OC. The van der Waals surface area contributed by atoms with Crippen molar-refractivity contribution < 1.29 is 14.3 Å². The highest BCUT2D eigenvalue weighted by molar-refractivity contribution is 7.18. The highest BCUT2D eigenvalue weighted by Crippen LogP contribution is 2.36. The monoisotopic (exact) mass is 401 g/mol. The first-order chi connectivity index (χ1) is 13.1. The molecule has 1 heterocycles. The Labute approximate surface area is 165 Å². The van der Waals surface area contributed by atoms with E-state index in [0.717, 1.165) is 10.6 Å². The number of halogens is 1. The van der Waals surface area contributed by atoms with Crippen LogP contribution in [0.2, 0.25) is 5.02 Å². The van der Waals surface area contributed by atoms with E-state index in [1.54, 1.807) is 18.2 Å². The minimum absolute atomic E-state index is 0.323. The smallest absolute Gasteiger partial charge is 0.250 e. The van der Waals surface area contributed by atoms with Crippen molar-refractivity contribution in [3.8, 4) is 22.1 Å². The number of benzene rings is 2. The van der Waals surface area contributed by atoms with Crippen LogP contribution in [-0.2, 0) is 4.79 Å². The van der Waals surface area contributed by atoms with Crippen LogP contribution in [-0.4, -0.2) is 30.3 Å². The molecule has 6 nitrogen and oxygen atoms in total. The summed E-state index contributed by atoms with van der Waals surface area (Å²) in [6.07, 6.45) is 3.02. The molecule has 138 valence electrons. The van der Waals surface area contributed by atoms with E-state index in [9.17, 15) is 4.79 Å². The van der Waals surface area contributed by atoms with E-state index in [1.165, 1.54) is 31.6 Å². The maximum atomic E-state index is 12.1. The number of nitrogens with one attached hydrogen (secondary N) is 1. The third-order valence-corrected chi connectivity index (χ3v) is 4.73. The van der Waals surface area contributed by atoms with Crippen molar-refractivity contribution in [3.63, 3.8) is 0 Å². The van der Waals surface area contributed by atoms with E-state index in [-0.39, 0.29) is 5.91 Å². The highest BCUT2D eigenvalue weighted by atomic mass is 35.5. The molecule has 2 aromatic carbocycles. The van der Waals surface area contributed by atoms with Gasteiger partial charge in [-0.3, -0.25) is 10.1 Å². The zero-order valence-corrected chi connectivity index (χ0v) is 16.2. The second-order valence-corrected chi connectivity index (χ2v) is 6.72. The lowest BCUT2D eigenvalue weighted by Crippen LogP contribution is -2.07. The third-order valence-electron chi connectivity index (χ3n) is 3.56. The van der Waals surface area contributed by atoms with Gasteiger partial charge in [-0.25, -0.2) is 0 Å². The summed E-state index contributed by atoms with van der Waals surface area (Å²) in [5.74, 6) is 0.612. The molecule has 0 fully saturated rings. The van der Waals surface area contributed by atoms with Crippen molar-refractivity contribution in [1.29, 1.82) is 0 Å². The van der Waals surface area contributed by atoms with Crippen molar-refractivity contribution >= 4 is 40.1 Å². The van der Waals surface area contributed by atoms with Gasteiger partial charge in [0.2, 0.25) is 11.0 Å². The first kappa shape index (κ1) is 18.9. The molecule has 0 saturated carbocycles. The average Bonchev–Trinajstić information content (AvgIpc) is 3.15. The van der Waals surface area contributed by atoms with Crippen molar-refractivity contribution in [1.82, 2.24) is 10.2 Å². The summed E-state index contributed by atoms with van der Waals surface area (Å²) in [4.78, 5) is 12.1. The zero-order chi connectivity index (χ0) is 19.2. The molecule has 0 bridgehead atoms. The molecule has 0 aliphatic carbocycles. The van der Waals surface area contributed by atoms with E-state index < -0.39 is 0 Å². The van der Waals surface area contributed by atoms with Gasteiger partial charge in [0.1, 0.15) is 5.01 Å². The number of carbonyl (C=O) groups is 1. The molecule has 0 aliphatic rings. The number of amides is 1. The Balaban J connectivity index is 1.69.